The molecule has 0 aliphatic carbocycles. The van der Waals surface area contributed by atoms with E-state index in [1.54, 1.807) is 18.2 Å². The van der Waals surface area contributed by atoms with Crippen molar-refractivity contribution < 1.29 is 4.79 Å². The smallest absolute Gasteiger partial charge is 0.224 e. The average molecular weight is 329 g/mol. The van der Waals surface area contributed by atoms with Crippen LogP contribution < -0.4 is 11.1 Å². The van der Waals surface area contributed by atoms with Crippen LogP contribution in [0.3, 0.4) is 0 Å². The number of hydrogen-bond acceptors (Lipinski definition) is 2. The molecule has 1 rings (SSSR count). The van der Waals surface area contributed by atoms with E-state index in [0.717, 1.165) is 15.7 Å². The first-order chi connectivity index (χ1) is 8.19. The van der Waals surface area contributed by atoms with Crippen molar-refractivity contribution in [1.29, 1.82) is 0 Å². The highest BCUT2D eigenvalue weighted by Crippen LogP contribution is 2.25. The molecule has 1 aromatic carbocycles. The van der Waals surface area contributed by atoms with E-state index in [-0.39, 0.29) is 11.3 Å². The third-order valence-corrected chi connectivity index (χ3v) is 3.11. The van der Waals surface area contributed by atoms with Crippen molar-refractivity contribution in [3.05, 3.63) is 28.2 Å². The highest BCUT2D eigenvalue weighted by atomic mass is 79.9. The van der Waals surface area contributed by atoms with E-state index >= 15 is 0 Å². The van der Waals surface area contributed by atoms with Gasteiger partial charge in [0.2, 0.25) is 5.91 Å². The largest absolute Gasteiger partial charge is 0.389 e. The van der Waals surface area contributed by atoms with Crippen molar-refractivity contribution in [2.75, 3.05) is 5.32 Å². The van der Waals surface area contributed by atoms with E-state index < -0.39 is 0 Å². The molecular formula is C13H17BrN2OS. The fourth-order valence-electron chi connectivity index (χ4n) is 1.45. The predicted molar refractivity (Wildman–Crippen MR) is 82.7 cm³/mol. The van der Waals surface area contributed by atoms with Gasteiger partial charge in [0.1, 0.15) is 4.99 Å². The number of amides is 1. The fraction of sp³-hybridized carbons (Fsp3) is 0.385. The average Bonchev–Trinajstić information content (AvgIpc) is 2.17. The number of rotatable bonds is 3. The Morgan fingerprint density at radius 3 is 2.50 bits per heavy atom. The second-order valence-electron chi connectivity index (χ2n) is 5.34. The Kier molecular flexibility index (Phi) is 4.87. The van der Waals surface area contributed by atoms with Gasteiger partial charge in [-0.15, -0.1) is 0 Å². The zero-order valence-corrected chi connectivity index (χ0v) is 13.1. The molecule has 0 atom stereocenters. The van der Waals surface area contributed by atoms with Crippen LogP contribution in [0.15, 0.2) is 22.7 Å². The number of halogens is 1. The molecule has 0 spiro atoms. The summed E-state index contributed by atoms with van der Waals surface area (Å²) in [4.78, 5) is 12.2. The van der Waals surface area contributed by atoms with E-state index in [1.165, 1.54) is 0 Å². The summed E-state index contributed by atoms with van der Waals surface area (Å²) in [6, 6.07) is 5.38. The van der Waals surface area contributed by atoms with Gasteiger partial charge in [0.05, 0.1) is 5.69 Å². The molecule has 5 heteroatoms. The number of benzene rings is 1. The van der Waals surface area contributed by atoms with Crippen LogP contribution in [-0.2, 0) is 4.79 Å². The topological polar surface area (TPSA) is 55.1 Å². The molecule has 0 radical (unpaired) electrons. The number of nitrogens with two attached hydrogens (primary N) is 1. The number of hydrogen-bond donors (Lipinski definition) is 2. The van der Waals surface area contributed by atoms with Crippen molar-refractivity contribution >= 4 is 44.7 Å². The molecular weight excluding hydrogens is 312 g/mol. The lowest BCUT2D eigenvalue weighted by Crippen LogP contribution is -2.20. The van der Waals surface area contributed by atoms with Crippen LogP contribution >= 0.6 is 28.1 Å². The molecule has 18 heavy (non-hydrogen) atoms. The van der Waals surface area contributed by atoms with Crippen molar-refractivity contribution in [2.45, 2.75) is 27.2 Å². The molecule has 0 heterocycles. The van der Waals surface area contributed by atoms with Gasteiger partial charge in [-0.05, 0) is 39.5 Å². The second-order valence-corrected chi connectivity index (χ2v) is 6.64. The van der Waals surface area contributed by atoms with Crippen LogP contribution in [-0.4, -0.2) is 10.9 Å². The van der Waals surface area contributed by atoms with E-state index in [0.29, 0.717) is 11.4 Å². The summed E-state index contributed by atoms with van der Waals surface area (Å²) in [6.07, 6.45) is 0.469. The molecule has 0 aliphatic heterocycles. The van der Waals surface area contributed by atoms with Gasteiger partial charge in [0, 0.05) is 16.5 Å². The number of carbonyl (C=O) groups is 1. The zero-order chi connectivity index (χ0) is 13.9. The lowest BCUT2D eigenvalue weighted by molar-refractivity contribution is -0.117. The molecule has 0 bridgehead atoms. The third kappa shape index (κ3) is 4.74. The first kappa shape index (κ1) is 15.1. The Hall–Kier alpha value is -0.940. The first-order valence-electron chi connectivity index (χ1n) is 5.58. The monoisotopic (exact) mass is 328 g/mol. The van der Waals surface area contributed by atoms with Crippen molar-refractivity contribution in [1.82, 2.24) is 0 Å². The highest BCUT2D eigenvalue weighted by molar-refractivity contribution is 9.10. The molecule has 1 aromatic rings. The van der Waals surface area contributed by atoms with Gasteiger partial charge in [0.25, 0.3) is 0 Å². The standard InChI is InChI=1S/C13H17BrN2OS/c1-13(2,3)7-11(17)16-10-5-4-8(12(15)18)6-9(10)14/h4-6H,7H2,1-3H3,(H2,15,18)(H,16,17). The summed E-state index contributed by atoms with van der Waals surface area (Å²) >= 11 is 8.29. The lowest BCUT2D eigenvalue weighted by atomic mass is 9.92. The number of anilines is 1. The molecule has 0 aromatic heterocycles. The minimum Gasteiger partial charge on any atom is -0.389 e. The second kappa shape index (κ2) is 5.80. The fourth-order valence-corrected chi connectivity index (χ4v) is 2.05. The maximum absolute atomic E-state index is 11.8. The third-order valence-electron chi connectivity index (χ3n) is 2.22. The van der Waals surface area contributed by atoms with E-state index in [1.807, 2.05) is 20.8 Å². The van der Waals surface area contributed by atoms with E-state index in [4.69, 9.17) is 18.0 Å². The lowest BCUT2D eigenvalue weighted by Gasteiger charge is -2.17. The summed E-state index contributed by atoms with van der Waals surface area (Å²) in [5, 5.41) is 2.86. The SMILES string of the molecule is CC(C)(C)CC(=O)Nc1ccc(C(N)=S)cc1Br. The number of thiocarbonyl (C=S) groups is 1. The van der Waals surface area contributed by atoms with Gasteiger partial charge in [-0.25, -0.2) is 0 Å². The van der Waals surface area contributed by atoms with Crippen LogP contribution in [0.5, 0.6) is 0 Å². The van der Waals surface area contributed by atoms with Gasteiger partial charge in [0.15, 0.2) is 0 Å². The molecule has 3 N–H and O–H groups in total. The van der Waals surface area contributed by atoms with Crippen molar-refractivity contribution in [3.63, 3.8) is 0 Å². The summed E-state index contributed by atoms with van der Waals surface area (Å²) in [6.45, 7) is 6.08. The van der Waals surface area contributed by atoms with E-state index in [2.05, 4.69) is 21.2 Å². The van der Waals surface area contributed by atoms with Gasteiger partial charge in [-0.3, -0.25) is 4.79 Å². The maximum atomic E-state index is 11.8. The predicted octanol–water partition coefficient (Wildman–Crippen LogP) is 3.46. The Morgan fingerprint density at radius 1 is 1.44 bits per heavy atom. The van der Waals surface area contributed by atoms with Gasteiger partial charge in [-0.2, -0.15) is 0 Å². The highest BCUT2D eigenvalue weighted by Gasteiger charge is 2.16. The Morgan fingerprint density at radius 2 is 2.06 bits per heavy atom. The quantitative estimate of drug-likeness (QED) is 0.835. The molecule has 0 fully saturated rings. The van der Waals surface area contributed by atoms with Crippen LogP contribution in [0.2, 0.25) is 0 Å². The first-order valence-corrected chi connectivity index (χ1v) is 6.78. The molecule has 98 valence electrons. The van der Waals surface area contributed by atoms with Crippen molar-refractivity contribution in [3.8, 4) is 0 Å². The summed E-state index contributed by atoms with van der Waals surface area (Å²) in [5.41, 5.74) is 7.00. The van der Waals surface area contributed by atoms with Gasteiger partial charge < -0.3 is 11.1 Å². The van der Waals surface area contributed by atoms with E-state index in [9.17, 15) is 4.79 Å². The molecule has 1 amide bonds. The Bertz CT molecular complexity index is 480. The van der Waals surface area contributed by atoms with Crippen LogP contribution in [0.1, 0.15) is 32.8 Å². The Labute approximate surface area is 121 Å². The number of nitrogens with one attached hydrogen (secondary N) is 1. The van der Waals surface area contributed by atoms with Gasteiger partial charge >= 0.3 is 0 Å². The maximum Gasteiger partial charge on any atom is 0.224 e. The van der Waals surface area contributed by atoms with Crippen LogP contribution in [0.4, 0.5) is 5.69 Å². The normalized spacial score (nSPS) is 11.1. The molecule has 3 nitrogen and oxygen atoms in total. The summed E-state index contributed by atoms with van der Waals surface area (Å²) < 4.78 is 0.773. The minimum absolute atomic E-state index is 0.00808. The summed E-state index contributed by atoms with van der Waals surface area (Å²) in [5.74, 6) is -0.00808. The van der Waals surface area contributed by atoms with Crippen LogP contribution in [0.25, 0.3) is 0 Å². The number of carbonyl (C=O) groups excluding carboxylic acids is 1. The molecule has 0 unspecified atom stereocenters. The van der Waals surface area contributed by atoms with Gasteiger partial charge in [-0.1, -0.05) is 33.0 Å². The molecule has 0 aliphatic rings. The minimum atomic E-state index is -0.0324. The molecule has 0 saturated heterocycles. The van der Waals surface area contributed by atoms with Crippen molar-refractivity contribution in [2.24, 2.45) is 11.1 Å². The zero-order valence-electron chi connectivity index (χ0n) is 10.7. The summed E-state index contributed by atoms with van der Waals surface area (Å²) in [7, 11) is 0. The molecule has 0 saturated carbocycles. The Balaban J connectivity index is 2.80. The van der Waals surface area contributed by atoms with Crippen LogP contribution in [0, 0.1) is 5.41 Å².